The summed E-state index contributed by atoms with van der Waals surface area (Å²) in [5, 5.41) is 0. The number of rotatable bonds is 7. The monoisotopic (exact) mass is 247 g/mol. The molecule has 0 rings (SSSR count). The number of hydrogen-bond acceptors (Lipinski definition) is 6. The van der Waals surface area contributed by atoms with Crippen LogP contribution in [0.4, 0.5) is 0 Å². The lowest BCUT2D eigenvalue weighted by Gasteiger charge is -2.24. The van der Waals surface area contributed by atoms with Gasteiger partial charge in [-0.15, -0.1) is 0 Å². The van der Waals surface area contributed by atoms with Gasteiger partial charge in [0.1, 0.15) is 6.72 Å². The molecule has 0 fully saturated rings. The van der Waals surface area contributed by atoms with Crippen molar-refractivity contribution in [3.8, 4) is 0 Å². The van der Waals surface area contributed by atoms with E-state index in [0.717, 1.165) is 12.2 Å². The predicted octanol–water partition coefficient (Wildman–Crippen LogP) is 1.64. The molecule has 1 atom stereocenters. The van der Waals surface area contributed by atoms with Gasteiger partial charge in [-0.25, -0.2) is 0 Å². The van der Waals surface area contributed by atoms with Crippen LogP contribution in [0.2, 0.25) is 0 Å². The molecule has 1 unspecified atom stereocenters. The van der Waals surface area contributed by atoms with E-state index in [4.69, 9.17) is 4.52 Å². The van der Waals surface area contributed by atoms with Crippen LogP contribution in [0.15, 0.2) is 0 Å². The molecule has 0 aliphatic heterocycles. The van der Waals surface area contributed by atoms with E-state index in [1.54, 1.807) is 21.6 Å². The largest absolute Gasteiger partial charge is 0.780 e. The molecule has 0 aromatic rings. The Labute approximate surface area is 86.2 Å². The minimum Gasteiger partial charge on any atom is -0.780 e. The van der Waals surface area contributed by atoms with Gasteiger partial charge < -0.3 is 13.9 Å². The van der Waals surface area contributed by atoms with Crippen molar-refractivity contribution in [1.82, 2.24) is 0 Å². The SMILES string of the molecule is COP([O-])(=S)OCCCSSC. The van der Waals surface area contributed by atoms with Crippen LogP contribution >= 0.6 is 28.3 Å². The minimum atomic E-state index is -3.15. The van der Waals surface area contributed by atoms with Gasteiger partial charge in [0.05, 0.1) is 6.61 Å². The van der Waals surface area contributed by atoms with Crippen LogP contribution in [0, 0.1) is 0 Å². The van der Waals surface area contributed by atoms with Crippen LogP contribution in [0.3, 0.4) is 0 Å². The second-order valence-corrected chi connectivity index (χ2v) is 7.35. The molecule has 0 saturated carbocycles. The van der Waals surface area contributed by atoms with E-state index < -0.39 is 6.72 Å². The molecule has 12 heavy (non-hydrogen) atoms. The summed E-state index contributed by atoms with van der Waals surface area (Å²) in [6, 6.07) is 0. The smallest absolute Gasteiger partial charge is 0.115 e. The topological polar surface area (TPSA) is 41.5 Å². The molecule has 0 spiro atoms. The van der Waals surface area contributed by atoms with Crippen LogP contribution < -0.4 is 4.89 Å². The summed E-state index contributed by atoms with van der Waals surface area (Å²) < 4.78 is 9.33. The normalized spacial score (nSPS) is 15.9. The Bertz CT molecular complexity index is 155. The average Bonchev–Trinajstić information content (AvgIpc) is 2.04. The highest BCUT2D eigenvalue weighted by Gasteiger charge is 1.99. The van der Waals surface area contributed by atoms with Crippen LogP contribution in [0.5, 0.6) is 0 Å². The van der Waals surface area contributed by atoms with E-state index in [-0.39, 0.29) is 0 Å². The van der Waals surface area contributed by atoms with Crippen molar-refractivity contribution in [2.45, 2.75) is 6.42 Å². The van der Waals surface area contributed by atoms with E-state index in [1.165, 1.54) is 7.11 Å². The first-order chi connectivity index (χ1) is 5.62. The van der Waals surface area contributed by atoms with E-state index in [0.29, 0.717) is 6.61 Å². The highest BCUT2D eigenvalue weighted by atomic mass is 33.1. The quantitative estimate of drug-likeness (QED) is 0.387. The predicted molar refractivity (Wildman–Crippen MR) is 57.8 cm³/mol. The van der Waals surface area contributed by atoms with Crippen molar-refractivity contribution in [1.29, 1.82) is 0 Å². The summed E-state index contributed by atoms with van der Waals surface area (Å²) in [5.41, 5.74) is 0. The molecule has 0 saturated heterocycles. The maximum absolute atomic E-state index is 11.0. The Morgan fingerprint density at radius 3 is 2.75 bits per heavy atom. The highest BCUT2D eigenvalue weighted by molar-refractivity contribution is 8.76. The zero-order chi connectivity index (χ0) is 9.45. The fourth-order valence-corrected chi connectivity index (χ4v) is 2.37. The first-order valence-electron chi connectivity index (χ1n) is 3.29. The van der Waals surface area contributed by atoms with E-state index in [1.807, 2.05) is 6.26 Å². The Morgan fingerprint density at radius 1 is 1.58 bits per heavy atom. The van der Waals surface area contributed by atoms with Crippen molar-refractivity contribution in [2.24, 2.45) is 0 Å². The van der Waals surface area contributed by atoms with Crippen LogP contribution in [-0.4, -0.2) is 25.7 Å². The molecule has 0 aliphatic carbocycles. The maximum Gasteiger partial charge on any atom is 0.115 e. The standard InChI is InChI=1S/C5H13O3PS3/c1-7-9(6,10)8-4-3-5-12-11-2/h3-5H2,1-2H3,(H,6,10)/p-1. The van der Waals surface area contributed by atoms with Crippen molar-refractivity contribution in [2.75, 3.05) is 25.7 Å². The highest BCUT2D eigenvalue weighted by Crippen LogP contribution is 2.37. The molecule has 7 heteroatoms. The lowest BCUT2D eigenvalue weighted by Crippen LogP contribution is -2.06. The third-order valence-electron chi connectivity index (χ3n) is 0.963. The Hall–Kier alpha value is 1.23. The maximum atomic E-state index is 11.0. The summed E-state index contributed by atoms with van der Waals surface area (Å²) in [5.74, 6) is 0.972. The van der Waals surface area contributed by atoms with Gasteiger partial charge in [-0.1, -0.05) is 33.4 Å². The molecule has 0 aromatic heterocycles. The summed E-state index contributed by atoms with van der Waals surface area (Å²) in [7, 11) is 4.73. The van der Waals surface area contributed by atoms with E-state index in [9.17, 15) is 4.89 Å². The van der Waals surface area contributed by atoms with Gasteiger partial charge in [-0.3, -0.25) is 0 Å². The first kappa shape index (κ1) is 13.2. The van der Waals surface area contributed by atoms with Gasteiger partial charge >= 0.3 is 0 Å². The molecule has 0 heterocycles. The van der Waals surface area contributed by atoms with Gasteiger partial charge in [0, 0.05) is 12.9 Å². The lowest BCUT2D eigenvalue weighted by atomic mass is 10.5. The Balaban J connectivity index is 3.25. The first-order valence-corrected chi connectivity index (χ1v) is 8.57. The number of hydrogen-bond donors (Lipinski definition) is 0. The second-order valence-electron chi connectivity index (χ2n) is 1.81. The zero-order valence-electron chi connectivity index (χ0n) is 7.02. The summed E-state index contributed by atoms with van der Waals surface area (Å²) in [6.07, 6.45) is 2.86. The molecular weight excluding hydrogens is 235 g/mol. The molecule has 74 valence electrons. The van der Waals surface area contributed by atoms with Gasteiger partial charge in [-0.05, 0) is 12.7 Å². The third-order valence-corrected chi connectivity index (χ3v) is 4.57. The molecule has 3 nitrogen and oxygen atoms in total. The van der Waals surface area contributed by atoms with Crippen molar-refractivity contribution >= 4 is 40.1 Å². The Morgan fingerprint density at radius 2 is 2.25 bits per heavy atom. The van der Waals surface area contributed by atoms with Gasteiger partial charge in [0.15, 0.2) is 0 Å². The molecular formula is C5H12O3PS3-. The van der Waals surface area contributed by atoms with Crippen molar-refractivity contribution in [3.63, 3.8) is 0 Å². The third kappa shape index (κ3) is 7.86. The van der Waals surface area contributed by atoms with Gasteiger partial charge in [-0.2, -0.15) is 0 Å². The molecule has 0 aromatic carbocycles. The van der Waals surface area contributed by atoms with E-state index >= 15 is 0 Å². The van der Waals surface area contributed by atoms with E-state index in [2.05, 4.69) is 16.3 Å². The minimum absolute atomic E-state index is 0.405. The zero-order valence-corrected chi connectivity index (χ0v) is 10.4. The Kier molecular flexibility index (Phi) is 8.40. The summed E-state index contributed by atoms with van der Waals surface area (Å²) >= 11 is 4.52. The van der Waals surface area contributed by atoms with Gasteiger partial charge in [0.25, 0.3) is 0 Å². The molecule has 0 amide bonds. The molecule has 0 N–H and O–H groups in total. The van der Waals surface area contributed by atoms with Crippen molar-refractivity contribution in [3.05, 3.63) is 0 Å². The fraction of sp³-hybridized carbons (Fsp3) is 1.00. The molecule has 0 radical (unpaired) electrons. The lowest BCUT2D eigenvalue weighted by molar-refractivity contribution is -0.204. The fourth-order valence-electron chi connectivity index (χ4n) is 0.430. The summed E-state index contributed by atoms with van der Waals surface area (Å²) in [4.78, 5) is 11.0. The summed E-state index contributed by atoms with van der Waals surface area (Å²) in [6.45, 7) is -2.75. The molecule has 0 aliphatic rings. The average molecular weight is 247 g/mol. The van der Waals surface area contributed by atoms with Crippen LogP contribution in [-0.2, 0) is 20.9 Å². The van der Waals surface area contributed by atoms with Crippen molar-refractivity contribution < 1.29 is 13.9 Å². The van der Waals surface area contributed by atoms with Crippen LogP contribution in [0.25, 0.3) is 0 Å². The molecule has 0 bridgehead atoms. The van der Waals surface area contributed by atoms with Gasteiger partial charge in [0.2, 0.25) is 0 Å². The van der Waals surface area contributed by atoms with Crippen LogP contribution in [0.1, 0.15) is 6.42 Å². The second kappa shape index (κ2) is 7.62.